The van der Waals surface area contributed by atoms with E-state index in [1.807, 2.05) is 0 Å². The van der Waals surface area contributed by atoms with E-state index in [2.05, 4.69) is 19.7 Å². The second-order valence-corrected chi connectivity index (χ2v) is 4.54. The van der Waals surface area contributed by atoms with Gasteiger partial charge in [-0.2, -0.15) is 8.42 Å². The highest BCUT2D eigenvalue weighted by Gasteiger charge is 2.17. The third-order valence-electron chi connectivity index (χ3n) is 1.78. The maximum absolute atomic E-state index is 11.7. The highest BCUT2D eigenvalue weighted by molar-refractivity contribution is 7.92. The lowest BCUT2D eigenvalue weighted by molar-refractivity contribution is 0.475. The van der Waals surface area contributed by atoms with Gasteiger partial charge in [0.05, 0.1) is 12.5 Å². The summed E-state index contributed by atoms with van der Waals surface area (Å²) < 4.78 is 25.5. The average Bonchev–Trinajstić information content (AvgIpc) is 2.75. The van der Waals surface area contributed by atoms with Crippen molar-refractivity contribution in [2.75, 3.05) is 4.72 Å². The number of nitrogens with one attached hydrogen (secondary N) is 2. The zero-order chi connectivity index (χ0) is 11.6. The van der Waals surface area contributed by atoms with Gasteiger partial charge in [0.15, 0.2) is 16.6 Å². The van der Waals surface area contributed by atoms with Gasteiger partial charge in [0.1, 0.15) is 0 Å². The van der Waals surface area contributed by atoms with Crippen LogP contribution in [0.25, 0.3) is 0 Å². The molecule has 8 heteroatoms. The van der Waals surface area contributed by atoms with E-state index in [1.165, 1.54) is 24.7 Å². The number of sulfonamides is 1. The van der Waals surface area contributed by atoms with Gasteiger partial charge in [-0.1, -0.05) is 0 Å². The Morgan fingerprint density at radius 1 is 1.44 bits per heavy atom. The third kappa shape index (κ3) is 1.96. The van der Waals surface area contributed by atoms with Crippen LogP contribution in [-0.2, 0) is 10.0 Å². The average molecular weight is 240 g/mol. The fourth-order valence-corrected chi connectivity index (χ4v) is 1.98. The van der Waals surface area contributed by atoms with Gasteiger partial charge in [-0.25, -0.2) is 9.97 Å². The first-order chi connectivity index (χ1) is 7.59. The Kier molecular flexibility index (Phi) is 2.49. The van der Waals surface area contributed by atoms with Crippen LogP contribution in [0.1, 0.15) is 0 Å². The molecule has 0 aromatic carbocycles. The minimum Gasteiger partial charge on any atom is -0.504 e. The number of aromatic amines is 1. The topological polar surface area (TPSA) is 108 Å². The van der Waals surface area contributed by atoms with E-state index in [-0.39, 0.29) is 16.6 Å². The Balaban J connectivity index is 2.33. The third-order valence-corrected chi connectivity index (χ3v) is 3.04. The summed E-state index contributed by atoms with van der Waals surface area (Å²) in [4.78, 5) is 9.74. The van der Waals surface area contributed by atoms with E-state index >= 15 is 0 Å². The first-order valence-corrected chi connectivity index (χ1v) is 5.73. The Hall–Kier alpha value is -2.09. The number of rotatable bonds is 3. The number of hydrogen-bond acceptors (Lipinski definition) is 5. The molecule has 0 fully saturated rings. The fraction of sp³-hybridized carbons (Fsp3) is 0. The second-order valence-electron chi connectivity index (χ2n) is 2.89. The van der Waals surface area contributed by atoms with Gasteiger partial charge in [-0.3, -0.25) is 4.72 Å². The van der Waals surface area contributed by atoms with Gasteiger partial charge in [0.2, 0.25) is 0 Å². The molecule has 0 bridgehead atoms. The minimum atomic E-state index is -3.78. The standard InChI is InChI=1S/C8H8N4O3S/c13-6-2-1-3-10-8(6)12-16(14,15)7-4-9-5-11-7/h1-5,13H,(H,9,11)(H,10,12). The van der Waals surface area contributed by atoms with Gasteiger partial charge in [0, 0.05) is 6.20 Å². The summed E-state index contributed by atoms with van der Waals surface area (Å²) >= 11 is 0. The molecule has 0 spiro atoms. The molecule has 0 radical (unpaired) electrons. The highest BCUT2D eigenvalue weighted by Crippen LogP contribution is 2.21. The van der Waals surface area contributed by atoms with Crippen molar-refractivity contribution in [3.05, 3.63) is 30.9 Å². The summed E-state index contributed by atoms with van der Waals surface area (Å²) in [5.41, 5.74) is 0. The molecule has 2 aromatic rings. The highest BCUT2D eigenvalue weighted by atomic mass is 32.2. The molecule has 0 unspecified atom stereocenters. The zero-order valence-corrected chi connectivity index (χ0v) is 8.77. The van der Waals surface area contributed by atoms with E-state index in [0.717, 1.165) is 6.20 Å². The molecule has 0 saturated carbocycles. The van der Waals surface area contributed by atoms with Gasteiger partial charge in [-0.15, -0.1) is 0 Å². The van der Waals surface area contributed by atoms with Crippen molar-refractivity contribution in [3.63, 3.8) is 0 Å². The van der Waals surface area contributed by atoms with Gasteiger partial charge in [0.25, 0.3) is 10.0 Å². The predicted octanol–water partition coefficient (Wildman–Crippen LogP) is 0.311. The molecule has 16 heavy (non-hydrogen) atoms. The smallest absolute Gasteiger partial charge is 0.280 e. The lowest BCUT2D eigenvalue weighted by atomic mass is 10.4. The van der Waals surface area contributed by atoms with Crippen molar-refractivity contribution in [1.29, 1.82) is 0 Å². The molecule has 0 saturated heterocycles. The molecule has 0 aliphatic rings. The van der Waals surface area contributed by atoms with Crippen LogP contribution in [0.5, 0.6) is 5.75 Å². The van der Waals surface area contributed by atoms with Crippen molar-refractivity contribution < 1.29 is 13.5 Å². The maximum Gasteiger partial charge on any atom is 0.280 e. The van der Waals surface area contributed by atoms with Crippen LogP contribution < -0.4 is 4.72 Å². The number of nitrogens with zero attached hydrogens (tertiary/aromatic N) is 2. The van der Waals surface area contributed by atoms with E-state index in [0.29, 0.717) is 0 Å². The number of pyridine rings is 1. The lowest BCUT2D eigenvalue weighted by Gasteiger charge is -2.05. The monoisotopic (exact) mass is 240 g/mol. The van der Waals surface area contributed by atoms with Crippen molar-refractivity contribution in [1.82, 2.24) is 15.0 Å². The van der Waals surface area contributed by atoms with Crippen LogP contribution in [0.3, 0.4) is 0 Å². The Labute approximate surface area is 91.2 Å². The summed E-state index contributed by atoms with van der Waals surface area (Å²) in [7, 11) is -3.78. The van der Waals surface area contributed by atoms with Gasteiger partial charge in [-0.05, 0) is 12.1 Å². The molecule has 2 heterocycles. The Morgan fingerprint density at radius 3 is 2.88 bits per heavy atom. The molecule has 3 N–H and O–H groups in total. The van der Waals surface area contributed by atoms with Crippen LogP contribution in [0.2, 0.25) is 0 Å². The molecule has 0 aliphatic heterocycles. The van der Waals surface area contributed by atoms with E-state index in [1.54, 1.807) is 0 Å². The van der Waals surface area contributed by atoms with Gasteiger partial charge >= 0.3 is 0 Å². The number of aromatic hydroxyl groups is 1. The molecule has 2 aromatic heterocycles. The predicted molar refractivity (Wildman–Crippen MR) is 55.3 cm³/mol. The van der Waals surface area contributed by atoms with E-state index in [9.17, 15) is 13.5 Å². The summed E-state index contributed by atoms with van der Waals surface area (Å²) in [6, 6.07) is 2.82. The number of hydrogen-bond donors (Lipinski definition) is 3. The van der Waals surface area contributed by atoms with Crippen LogP contribution in [0, 0.1) is 0 Å². The summed E-state index contributed by atoms with van der Waals surface area (Å²) in [5.74, 6) is -0.373. The molecule has 0 aliphatic carbocycles. The maximum atomic E-state index is 11.7. The molecular weight excluding hydrogens is 232 g/mol. The lowest BCUT2D eigenvalue weighted by Crippen LogP contribution is -2.14. The first-order valence-electron chi connectivity index (χ1n) is 4.25. The molecular formula is C8H8N4O3S. The number of H-pyrrole nitrogens is 1. The van der Waals surface area contributed by atoms with Crippen molar-refractivity contribution in [2.45, 2.75) is 5.03 Å². The first kappa shape index (κ1) is 10.4. The van der Waals surface area contributed by atoms with Crippen molar-refractivity contribution >= 4 is 15.8 Å². The van der Waals surface area contributed by atoms with E-state index < -0.39 is 10.0 Å². The minimum absolute atomic E-state index is 0.0995. The van der Waals surface area contributed by atoms with Crippen molar-refractivity contribution in [2.24, 2.45) is 0 Å². The molecule has 2 rings (SSSR count). The molecule has 84 valence electrons. The number of aromatic nitrogens is 3. The number of imidazole rings is 1. The second kappa shape index (κ2) is 3.81. The van der Waals surface area contributed by atoms with E-state index in [4.69, 9.17) is 0 Å². The zero-order valence-electron chi connectivity index (χ0n) is 7.95. The Bertz CT molecular complexity index is 579. The summed E-state index contributed by atoms with van der Waals surface area (Å²) in [5, 5.41) is 9.26. The van der Waals surface area contributed by atoms with Crippen LogP contribution in [0.4, 0.5) is 5.82 Å². The molecule has 7 nitrogen and oxygen atoms in total. The number of anilines is 1. The molecule has 0 amide bonds. The molecule has 0 atom stereocenters. The quantitative estimate of drug-likeness (QED) is 0.715. The van der Waals surface area contributed by atoms with Gasteiger partial charge < -0.3 is 10.1 Å². The largest absolute Gasteiger partial charge is 0.504 e. The van der Waals surface area contributed by atoms with Crippen LogP contribution in [0.15, 0.2) is 35.9 Å². The summed E-state index contributed by atoms with van der Waals surface area (Å²) in [6.45, 7) is 0. The normalized spacial score (nSPS) is 11.2. The SMILES string of the molecule is O=S(=O)(Nc1ncccc1O)c1cnc[nH]1. The summed E-state index contributed by atoms with van der Waals surface area (Å²) in [6.07, 6.45) is 3.76. The van der Waals surface area contributed by atoms with Crippen molar-refractivity contribution in [3.8, 4) is 5.75 Å². The van der Waals surface area contributed by atoms with Crippen LogP contribution >= 0.6 is 0 Å². The fourth-order valence-electron chi connectivity index (χ4n) is 1.05. The van der Waals surface area contributed by atoms with Crippen LogP contribution in [-0.4, -0.2) is 28.5 Å². The Morgan fingerprint density at radius 2 is 2.25 bits per heavy atom.